The van der Waals surface area contributed by atoms with Crippen LogP contribution in [0.4, 0.5) is 0 Å². The molecule has 0 aromatic carbocycles. The zero-order chi connectivity index (χ0) is 13.6. The summed E-state index contributed by atoms with van der Waals surface area (Å²) in [7, 11) is 0. The minimum atomic E-state index is 0.173. The smallest absolute Gasteiger partial charge is 0.0866 e. The van der Waals surface area contributed by atoms with E-state index >= 15 is 0 Å². The summed E-state index contributed by atoms with van der Waals surface area (Å²) in [5, 5.41) is 10.8. The molecule has 106 valence electrons. The Hall–Kier alpha value is -0.600. The highest BCUT2D eigenvalue weighted by molar-refractivity contribution is 4.90. The Balaban J connectivity index is 2.25. The number of unbranched alkanes of at least 4 members (excludes halogenated alkanes) is 2. The SMILES string of the molecule is CC(C)CCCCCN1N=NCC1(C)CC(C)C. The molecule has 1 unspecified atom stereocenters. The van der Waals surface area contributed by atoms with Crippen molar-refractivity contribution in [1.29, 1.82) is 0 Å². The van der Waals surface area contributed by atoms with Crippen LogP contribution in [0.1, 0.15) is 66.7 Å². The number of hydrogen-bond donors (Lipinski definition) is 0. The quantitative estimate of drug-likeness (QED) is 0.577. The van der Waals surface area contributed by atoms with Gasteiger partial charge in [0.05, 0.1) is 12.1 Å². The van der Waals surface area contributed by atoms with Gasteiger partial charge in [0.2, 0.25) is 0 Å². The van der Waals surface area contributed by atoms with E-state index in [1.54, 1.807) is 0 Å². The molecule has 1 heterocycles. The van der Waals surface area contributed by atoms with Crippen molar-refractivity contribution in [2.45, 2.75) is 72.3 Å². The van der Waals surface area contributed by atoms with Crippen molar-refractivity contribution in [1.82, 2.24) is 5.01 Å². The van der Waals surface area contributed by atoms with E-state index in [1.165, 1.54) is 32.1 Å². The largest absolute Gasteiger partial charge is 0.271 e. The van der Waals surface area contributed by atoms with Gasteiger partial charge in [0.1, 0.15) is 0 Å². The van der Waals surface area contributed by atoms with Gasteiger partial charge in [0, 0.05) is 6.54 Å². The minimum absolute atomic E-state index is 0.173. The van der Waals surface area contributed by atoms with Crippen molar-refractivity contribution in [3.8, 4) is 0 Å². The van der Waals surface area contributed by atoms with Crippen LogP contribution in [0, 0.1) is 11.8 Å². The lowest BCUT2D eigenvalue weighted by Crippen LogP contribution is -2.43. The van der Waals surface area contributed by atoms with Gasteiger partial charge >= 0.3 is 0 Å². The lowest BCUT2D eigenvalue weighted by molar-refractivity contribution is 0.118. The molecule has 0 aromatic heterocycles. The van der Waals surface area contributed by atoms with Crippen LogP contribution >= 0.6 is 0 Å². The van der Waals surface area contributed by atoms with Crippen LogP contribution in [-0.4, -0.2) is 23.6 Å². The van der Waals surface area contributed by atoms with Gasteiger partial charge in [-0.25, -0.2) is 0 Å². The highest BCUT2D eigenvalue weighted by atomic mass is 15.6. The number of nitrogens with zero attached hydrogens (tertiary/aromatic N) is 3. The molecule has 0 fully saturated rings. The molecule has 1 atom stereocenters. The van der Waals surface area contributed by atoms with Gasteiger partial charge in [0.25, 0.3) is 0 Å². The minimum Gasteiger partial charge on any atom is -0.271 e. The van der Waals surface area contributed by atoms with E-state index in [0.717, 1.165) is 19.0 Å². The van der Waals surface area contributed by atoms with Crippen molar-refractivity contribution in [2.75, 3.05) is 13.1 Å². The summed E-state index contributed by atoms with van der Waals surface area (Å²) in [4.78, 5) is 0. The lowest BCUT2D eigenvalue weighted by Gasteiger charge is -2.34. The third-order valence-corrected chi connectivity index (χ3v) is 3.71. The summed E-state index contributed by atoms with van der Waals surface area (Å²) < 4.78 is 0. The summed E-state index contributed by atoms with van der Waals surface area (Å²) in [6.07, 6.45) is 6.46. The Morgan fingerprint density at radius 1 is 1.06 bits per heavy atom. The maximum atomic E-state index is 4.33. The Morgan fingerprint density at radius 2 is 1.78 bits per heavy atom. The molecular formula is C15H31N3. The summed E-state index contributed by atoms with van der Waals surface area (Å²) in [6, 6.07) is 0. The number of rotatable bonds is 8. The normalized spacial score (nSPS) is 23.6. The third kappa shape index (κ3) is 4.95. The Kier molecular flexibility index (Phi) is 6.10. The van der Waals surface area contributed by atoms with Crippen LogP contribution in [0.25, 0.3) is 0 Å². The third-order valence-electron chi connectivity index (χ3n) is 3.71. The van der Waals surface area contributed by atoms with Crippen LogP contribution in [0.2, 0.25) is 0 Å². The molecule has 1 rings (SSSR count). The molecule has 0 radical (unpaired) electrons. The van der Waals surface area contributed by atoms with E-state index in [0.29, 0.717) is 5.92 Å². The molecule has 0 amide bonds. The van der Waals surface area contributed by atoms with E-state index < -0.39 is 0 Å². The van der Waals surface area contributed by atoms with Gasteiger partial charge in [-0.15, -0.1) is 0 Å². The van der Waals surface area contributed by atoms with Gasteiger partial charge in [-0.3, -0.25) is 5.01 Å². The van der Waals surface area contributed by atoms with E-state index in [2.05, 4.69) is 50.0 Å². The topological polar surface area (TPSA) is 28.0 Å². The number of hydrogen-bond acceptors (Lipinski definition) is 3. The average molecular weight is 253 g/mol. The molecule has 0 aliphatic carbocycles. The second-order valence-electron chi connectivity index (χ2n) is 6.85. The van der Waals surface area contributed by atoms with Crippen molar-refractivity contribution in [3.63, 3.8) is 0 Å². The van der Waals surface area contributed by atoms with E-state index in [-0.39, 0.29) is 5.54 Å². The van der Waals surface area contributed by atoms with Gasteiger partial charge < -0.3 is 0 Å². The molecule has 1 aliphatic heterocycles. The first-order valence-corrected chi connectivity index (χ1v) is 7.59. The summed E-state index contributed by atoms with van der Waals surface area (Å²) in [6.45, 7) is 13.4. The van der Waals surface area contributed by atoms with Crippen LogP contribution in [0.3, 0.4) is 0 Å². The van der Waals surface area contributed by atoms with Gasteiger partial charge in [0.15, 0.2) is 0 Å². The molecule has 18 heavy (non-hydrogen) atoms. The molecule has 1 aliphatic rings. The fraction of sp³-hybridized carbons (Fsp3) is 1.00. The highest BCUT2D eigenvalue weighted by Crippen LogP contribution is 2.29. The second-order valence-corrected chi connectivity index (χ2v) is 6.85. The Morgan fingerprint density at radius 3 is 2.39 bits per heavy atom. The van der Waals surface area contributed by atoms with Crippen LogP contribution in [-0.2, 0) is 0 Å². The zero-order valence-electron chi connectivity index (χ0n) is 12.9. The van der Waals surface area contributed by atoms with Gasteiger partial charge in [-0.2, -0.15) is 5.11 Å². The van der Waals surface area contributed by atoms with Crippen molar-refractivity contribution in [2.24, 2.45) is 22.2 Å². The summed E-state index contributed by atoms with van der Waals surface area (Å²) in [5.41, 5.74) is 0.173. The Bertz CT molecular complexity index is 260. The molecule has 0 saturated heterocycles. The average Bonchev–Trinajstić information content (AvgIpc) is 2.57. The van der Waals surface area contributed by atoms with Crippen LogP contribution in [0.15, 0.2) is 10.3 Å². The van der Waals surface area contributed by atoms with Crippen molar-refractivity contribution >= 4 is 0 Å². The second kappa shape index (κ2) is 7.10. The maximum absolute atomic E-state index is 4.33. The lowest BCUT2D eigenvalue weighted by atomic mass is 9.90. The molecule has 0 spiro atoms. The molecule has 0 saturated carbocycles. The van der Waals surface area contributed by atoms with Gasteiger partial charge in [-0.05, 0) is 31.6 Å². The fourth-order valence-corrected chi connectivity index (χ4v) is 2.80. The molecule has 0 bridgehead atoms. The first kappa shape index (κ1) is 15.5. The van der Waals surface area contributed by atoms with Crippen molar-refractivity contribution in [3.05, 3.63) is 0 Å². The molecule has 0 aromatic rings. The van der Waals surface area contributed by atoms with Gasteiger partial charge in [-0.1, -0.05) is 52.2 Å². The predicted octanol–water partition coefficient (Wildman–Crippen LogP) is 4.69. The Labute approximate surface area is 113 Å². The monoisotopic (exact) mass is 253 g/mol. The predicted molar refractivity (Wildman–Crippen MR) is 77.6 cm³/mol. The summed E-state index contributed by atoms with van der Waals surface area (Å²) in [5.74, 6) is 1.55. The van der Waals surface area contributed by atoms with E-state index in [1.807, 2.05) is 0 Å². The van der Waals surface area contributed by atoms with E-state index in [4.69, 9.17) is 0 Å². The van der Waals surface area contributed by atoms with Crippen molar-refractivity contribution < 1.29 is 0 Å². The highest BCUT2D eigenvalue weighted by Gasteiger charge is 2.35. The standard InChI is InChI=1S/C15H31N3/c1-13(2)9-7-6-8-10-18-15(5,11-14(3)4)12-16-17-18/h13-14H,6-12H2,1-5H3. The molecule has 3 nitrogen and oxygen atoms in total. The first-order valence-electron chi connectivity index (χ1n) is 7.59. The maximum Gasteiger partial charge on any atom is 0.0866 e. The summed E-state index contributed by atoms with van der Waals surface area (Å²) >= 11 is 0. The zero-order valence-corrected chi connectivity index (χ0v) is 12.9. The molecule has 0 N–H and O–H groups in total. The van der Waals surface area contributed by atoms with E-state index in [9.17, 15) is 0 Å². The first-order chi connectivity index (χ1) is 8.44. The molecule has 3 heteroatoms. The van der Waals surface area contributed by atoms with Crippen LogP contribution in [0.5, 0.6) is 0 Å². The van der Waals surface area contributed by atoms with Crippen LogP contribution < -0.4 is 0 Å². The fourth-order valence-electron chi connectivity index (χ4n) is 2.80. The molecular weight excluding hydrogens is 222 g/mol.